The van der Waals surface area contributed by atoms with Gasteiger partial charge in [0.2, 0.25) is 0 Å². The lowest BCUT2D eigenvalue weighted by molar-refractivity contribution is -0.136. The van der Waals surface area contributed by atoms with Crippen LogP contribution in [0.5, 0.6) is 11.5 Å². The van der Waals surface area contributed by atoms with Crippen molar-refractivity contribution in [2.45, 2.75) is 19.9 Å². The maximum atomic E-state index is 12.1. The van der Waals surface area contributed by atoms with Crippen LogP contribution in [0.1, 0.15) is 25.5 Å². The summed E-state index contributed by atoms with van der Waals surface area (Å²) in [6.45, 7) is 4.00. The Morgan fingerprint density at radius 3 is 2.62 bits per heavy atom. The summed E-state index contributed by atoms with van der Waals surface area (Å²) >= 11 is 3.45. The molecular formula is C16H19BrN2O5. The number of amides is 2. The normalized spacial score (nSPS) is 17.0. The zero-order valence-electron chi connectivity index (χ0n) is 13.9. The van der Waals surface area contributed by atoms with Crippen molar-refractivity contribution in [3.05, 3.63) is 33.4 Å². The van der Waals surface area contributed by atoms with Gasteiger partial charge in [-0.15, -0.1) is 0 Å². The minimum atomic E-state index is -0.660. The van der Waals surface area contributed by atoms with E-state index in [2.05, 4.69) is 26.6 Å². The molecule has 7 nitrogen and oxygen atoms in total. The number of nitrogens with one attached hydrogen (secondary N) is 2. The fourth-order valence-corrected chi connectivity index (χ4v) is 3.09. The van der Waals surface area contributed by atoms with Gasteiger partial charge in [0, 0.05) is 5.70 Å². The molecule has 1 atom stereocenters. The molecule has 0 unspecified atom stereocenters. The Labute approximate surface area is 148 Å². The second-order valence-corrected chi connectivity index (χ2v) is 5.88. The molecule has 1 aliphatic rings. The molecule has 2 rings (SSSR count). The molecule has 0 aromatic heterocycles. The maximum Gasteiger partial charge on any atom is 0.337 e. The van der Waals surface area contributed by atoms with E-state index in [1.807, 2.05) is 6.92 Å². The van der Waals surface area contributed by atoms with E-state index >= 15 is 0 Å². The molecule has 0 bridgehead atoms. The van der Waals surface area contributed by atoms with Crippen LogP contribution in [-0.4, -0.2) is 32.8 Å². The molecule has 24 heavy (non-hydrogen) atoms. The highest BCUT2D eigenvalue weighted by Crippen LogP contribution is 2.40. The molecule has 1 heterocycles. The molecule has 0 saturated heterocycles. The van der Waals surface area contributed by atoms with Crippen molar-refractivity contribution in [2.75, 3.05) is 20.8 Å². The third-order valence-corrected chi connectivity index (χ3v) is 4.14. The van der Waals surface area contributed by atoms with Crippen molar-refractivity contribution >= 4 is 27.9 Å². The number of benzene rings is 1. The van der Waals surface area contributed by atoms with Gasteiger partial charge in [0.25, 0.3) is 0 Å². The molecule has 0 saturated carbocycles. The number of hydrogen-bond acceptors (Lipinski definition) is 5. The van der Waals surface area contributed by atoms with Crippen LogP contribution in [0.25, 0.3) is 0 Å². The summed E-state index contributed by atoms with van der Waals surface area (Å²) in [5.41, 5.74) is 1.44. The molecule has 0 spiro atoms. The summed E-state index contributed by atoms with van der Waals surface area (Å²) in [4.78, 5) is 24.0. The topological polar surface area (TPSA) is 85.9 Å². The monoisotopic (exact) mass is 398 g/mol. The zero-order valence-corrected chi connectivity index (χ0v) is 15.4. The first kappa shape index (κ1) is 18.1. The summed E-state index contributed by atoms with van der Waals surface area (Å²) in [6, 6.07) is 2.45. The largest absolute Gasteiger partial charge is 0.493 e. The van der Waals surface area contributed by atoms with Gasteiger partial charge >= 0.3 is 12.0 Å². The van der Waals surface area contributed by atoms with Crippen LogP contribution in [0, 0.1) is 0 Å². The van der Waals surface area contributed by atoms with Crippen molar-refractivity contribution < 1.29 is 23.8 Å². The molecule has 1 aromatic carbocycles. The molecule has 0 fully saturated rings. The van der Waals surface area contributed by atoms with Crippen LogP contribution in [0.4, 0.5) is 4.79 Å². The fourth-order valence-electron chi connectivity index (χ4n) is 2.52. The molecule has 0 radical (unpaired) electrons. The highest BCUT2D eigenvalue weighted by Gasteiger charge is 2.32. The summed E-state index contributed by atoms with van der Waals surface area (Å²) in [5.74, 6) is 0.536. The fraction of sp³-hybridized carbons (Fsp3) is 0.375. The van der Waals surface area contributed by atoms with Gasteiger partial charge in [0.1, 0.15) is 0 Å². The van der Waals surface area contributed by atoms with Crippen molar-refractivity contribution in [2.24, 2.45) is 0 Å². The summed E-state index contributed by atoms with van der Waals surface area (Å²) in [6.07, 6.45) is 0. The van der Waals surface area contributed by atoms with Crippen molar-refractivity contribution in [1.29, 1.82) is 0 Å². The van der Waals surface area contributed by atoms with Gasteiger partial charge in [-0.3, -0.25) is 0 Å². The van der Waals surface area contributed by atoms with E-state index in [4.69, 9.17) is 14.2 Å². The van der Waals surface area contributed by atoms with E-state index in [1.165, 1.54) is 14.2 Å². The van der Waals surface area contributed by atoms with E-state index in [0.717, 1.165) is 0 Å². The maximum absolute atomic E-state index is 12.1. The van der Waals surface area contributed by atoms with Crippen LogP contribution >= 0.6 is 15.9 Å². The zero-order chi connectivity index (χ0) is 17.9. The standard InChI is InChI=1S/C16H19BrN2O5/c1-5-24-14-10(17)6-9(7-11(14)22-3)13-12(15(20)23-4)8(2)18-16(21)19-13/h6-7,13H,5H2,1-4H3,(H2,18,19,21)/t13-/m0/s1. The third-order valence-electron chi connectivity index (χ3n) is 3.55. The molecule has 1 aliphatic heterocycles. The lowest BCUT2D eigenvalue weighted by Gasteiger charge is -2.28. The molecule has 1 aromatic rings. The Morgan fingerprint density at radius 2 is 2.04 bits per heavy atom. The number of methoxy groups -OCH3 is 2. The van der Waals surface area contributed by atoms with E-state index < -0.39 is 18.0 Å². The van der Waals surface area contributed by atoms with E-state index in [0.29, 0.717) is 39.4 Å². The SMILES string of the molecule is CCOc1c(Br)cc([C@@H]2NC(=O)NC(C)=C2C(=O)OC)cc1OC. The summed E-state index contributed by atoms with van der Waals surface area (Å²) in [7, 11) is 2.82. The Hall–Kier alpha value is -2.22. The van der Waals surface area contributed by atoms with Crippen molar-refractivity contribution in [3.8, 4) is 11.5 Å². The Kier molecular flexibility index (Phi) is 5.71. The van der Waals surface area contributed by atoms with Gasteiger partial charge in [0.05, 0.1) is 36.9 Å². The Bertz CT molecular complexity index is 702. The van der Waals surface area contributed by atoms with E-state index in [1.54, 1.807) is 19.1 Å². The Morgan fingerprint density at radius 1 is 1.33 bits per heavy atom. The highest BCUT2D eigenvalue weighted by molar-refractivity contribution is 9.10. The van der Waals surface area contributed by atoms with E-state index in [-0.39, 0.29) is 0 Å². The number of hydrogen-bond donors (Lipinski definition) is 2. The van der Waals surface area contributed by atoms with Crippen LogP contribution in [0.2, 0.25) is 0 Å². The van der Waals surface area contributed by atoms with Gasteiger partial charge in [-0.05, 0) is 47.5 Å². The summed E-state index contributed by atoms with van der Waals surface area (Å²) < 4.78 is 16.4. The highest BCUT2D eigenvalue weighted by atomic mass is 79.9. The van der Waals surface area contributed by atoms with Crippen molar-refractivity contribution in [1.82, 2.24) is 10.6 Å². The number of esters is 1. The lowest BCUT2D eigenvalue weighted by atomic mass is 9.95. The number of carbonyl (C=O) groups is 2. The molecule has 2 amide bonds. The molecule has 0 aliphatic carbocycles. The van der Waals surface area contributed by atoms with Crippen LogP contribution in [0.3, 0.4) is 0 Å². The smallest absolute Gasteiger partial charge is 0.337 e. The van der Waals surface area contributed by atoms with Gasteiger partial charge < -0.3 is 24.8 Å². The number of rotatable bonds is 5. The van der Waals surface area contributed by atoms with E-state index in [9.17, 15) is 9.59 Å². The molecule has 2 N–H and O–H groups in total. The minimum absolute atomic E-state index is 0.329. The first-order chi connectivity index (χ1) is 11.4. The van der Waals surface area contributed by atoms with Gasteiger partial charge in [0.15, 0.2) is 11.5 Å². The number of halogens is 1. The van der Waals surface area contributed by atoms with Gasteiger partial charge in [-0.1, -0.05) is 0 Å². The lowest BCUT2D eigenvalue weighted by Crippen LogP contribution is -2.45. The number of allylic oxidation sites excluding steroid dienone is 1. The first-order valence-corrected chi connectivity index (χ1v) is 8.09. The first-order valence-electron chi connectivity index (χ1n) is 7.29. The van der Waals surface area contributed by atoms with Crippen molar-refractivity contribution in [3.63, 3.8) is 0 Å². The van der Waals surface area contributed by atoms with Gasteiger partial charge in [-0.2, -0.15) is 0 Å². The van der Waals surface area contributed by atoms with Crippen LogP contribution in [0.15, 0.2) is 27.9 Å². The predicted molar refractivity (Wildman–Crippen MR) is 91.0 cm³/mol. The van der Waals surface area contributed by atoms with Gasteiger partial charge in [-0.25, -0.2) is 9.59 Å². The quantitative estimate of drug-likeness (QED) is 0.744. The predicted octanol–water partition coefficient (Wildman–Crippen LogP) is 2.66. The molecule has 130 valence electrons. The average Bonchev–Trinajstić information content (AvgIpc) is 2.55. The third kappa shape index (κ3) is 3.48. The molecular weight excluding hydrogens is 380 g/mol. The molecule has 8 heteroatoms. The minimum Gasteiger partial charge on any atom is -0.493 e. The van der Waals surface area contributed by atoms with Crippen LogP contribution in [-0.2, 0) is 9.53 Å². The van der Waals surface area contributed by atoms with Crippen LogP contribution < -0.4 is 20.1 Å². The number of ether oxygens (including phenoxy) is 3. The second kappa shape index (κ2) is 7.57. The number of urea groups is 1. The second-order valence-electron chi connectivity index (χ2n) is 5.03. The number of carbonyl (C=O) groups excluding carboxylic acids is 2. The summed E-state index contributed by atoms with van der Waals surface area (Å²) in [5, 5.41) is 5.31. The Balaban J connectivity index is 2.56. The average molecular weight is 399 g/mol.